The molecule has 4 aromatic rings. The second kappa shape index (κ2) is 7.13. The molecule has 0 bridgehead atoms. The van der Waals surface area contributed by atoms with Gasteiger partial charge in [0.05, 0.1) is 0 Å². The van der Waals surface area contributed by atoms with Crippen LogP contribution in [0.5, 0.6) is 0 Å². The van der Waals surface area contributed by atoms with Crippen LogP contribution >= 0.6 is 0 Å². The third kappa shape index (κ3) is 3.76. The van der Waals surface area contributed by atoms with Gasteiger partial charge in [-0.25, -0.2) is 0 Å². The van der Waals surface area contributed by atoms with E-state index in [9.17, 15) is 0 Å². The summed E-state index contributed by atoms with van der Waals surface area (Å²) in [6.07, 6.45) is 1.78. The normalized spacial score (nSPS) is 9.76. The number of aromatic nitrogens is 1. The van der Waals surface area contributed by atoms with Crippen molar-refractivity contribution in [1.29, 1.82) is 0 Å². The first-order valence-electron chi connectivity index (χ1n) is 6.66. The van der Waals surface area contributed by atoms with Gasteiger partial charge in [-0.05, 0) is 5.52 Å². The first kappa shape index (κ1) is 15.4. The number of aryl methyl sites for hydroxylation is 1. The summed E-state index contributed by atoms with van der Waals surface area (Å²) < 4.78 is 0. The minimum atomic E-state index is 0. The summed E-state index contributed by atoms with van der Waals surface area (Å²) in [6, 6.07) is 25.7. The van der Waals surface area contributed by atoms with Gasteiger partial charge in [-0.15, -0.1) is 52.1 Å². The molecule has 102 valence electrons. The van der Waals surface area contributed by atoms with Gasteiger partial charge < -0.3 is 0 Å². The smallest absolute Gasteiger partial charge is 0.283 e. The Morgan fingerprint density at radius 1 is 0.952 bits per heavy atom. The van der Waals surface area contributed by atoms with Crippen molar-refractivity contribution in [3.05, 3.63) is 84.6 Å². The zero-order valence-corrected chi connectivity index (χ0v) is 13.1. The molecule has 0 fully saturated rings. The van der Waals surface area contributed by atoms with Crippen LogP contribution in [-0.4, -0.2) is 4.98 Å². The molecule has 0 aliphatic rings. The Morgan fingerprint density at radius 3 is 2.52 bits per heavy atom. The maximum absolute atomic E-state index is 4.13. The maximum Gasteiger partial charge on any atom is 2.00 e. The number of benzene rings is 2. The number of hydrogen-bond acceptors (Lipinski definition) is 1. The number of rotatable bonds is 0. The molecule has 1 nitrogen and oxygen atoms in total. The van der Waals surface area contributed by atoms with Crippen LogP contribution in [0.4, 0.5) is 0 Å². The van der Waals surface area contributed by atoms with E-state index in [4.69, 9.17) is 0 Å². The van der Waals surface area contributed by atoms with Gasteiger partial charge in [-0.1, -0.05) is 19.1 Å². The minimum Gasteiger partial charge on any atom is -0.283 e. The van der Waals surface area contributed by atoms with Gasteiger partial charge in [0, 0.05) is 6.20 Å². The Morgan fingerprint density at radius 2 is 1.71 bits per heavy atom. The fourth-order valence-corrected chi connectivity index (χ4v) is 2.26. The van der Waals surface area contributed by atoms with E-state index in [1.807, 2.05) is 30.3 Å². The van der Waals surface area contributed by atoms with Gasteiger partial charge in [-0.3, -0.25) is 4.98 Å². The zero-order chi connectivity index (χ0) is 13.8. The number of nitrogens with zero attached hydrogens (tertiary/aromatic N) is 1. The van der Waals surface area contributed by atoms with Crippen LogP contribution in [0.15, 0.2) is 72.9 Å². The summed E-state index contributed by atoms with van der Waals surface area (Å²) in [5.74, 6) is 0. The van der Waals surface area contributed by atoms with Gasteiger partial charge >= 0.3 is 17.4 Å². The van der Waals surface area contributed by atoms with Crippen molar-refractivity contribution >= 4 is 21.7 Å². The molecule has 4 rings (SSSR count). The fourth-order valence-electron chi connectivity index (χ4n) is 2.26. The van der Waals surface area contributed by atoms with Crippen LogP contribution < -0.4 is 0 Å². The van der Waals surface area contributed by atoms with Gasteiger partial charge in [0.1, 0.15) is 0 Å². The fraction of sp³-hybridized carbons (Fsp3) is 0.0526. The van der Waals surface area contributed by atoms with Gasteiger partial charge in [0.15, 0.2) is 0 Å². The molecule has 1 heterocycles. The Bertz CT molecular complexity index is 734. The quantitative estimate of drug-likeness (QED) is 0.421. The molecule has 0 N–H and O–H groups in total. The molecule has 0 radical (unpaired) electrons. The first-order valence-corrected chi connectivity index (χ1v) is 6.66. The molecule has 0 saturated carbocycles. The predicted octanol–water partition coefficient (Wildman–Crippen LogP) is 4.90. The van der Waals surface area contributed by atoms with Gasteiger partial charge in [0.2, 0.25) is 0 Å². The number of para-hydroxylation sites is 1. The third-order valence-corrected chi connectivity index (χ3v) is 3.19. The second-order valence-corrected chi connectivity index (χ2v) is 4.77. The average molecular weight is 309 g/mol. The molecule has 0 spiro atoms. The topological polar surface area (TPSA) is 12.9 Å². The van der Waals surface area contributed by atoms with E-state index in [0.717, 1.165) is 10.9 Å². The second-order valence-electron chi connectivity index (χ2n) is 4.77. The summed E-state index contributed by atoms with van der Waals surface area (Å²) in [7, 11) is 0. The molecule has 1 aromatic heterocycles. The molecule has 0 aliphatic heterocycles. The van der Waals surface area contributed by atoms with Gasteiger partial charge in [0.25, 0.3) is 0 Å². The van der Waals surface area contributed by atoms with E-state index in [-0.39, 0.29) is 17.4 Å². The van der Waals surface area contributed by atoms with Crippen molar-refractivity contribution in [2.75, 3.05) is 0 Å². The SMILES string of the molecule is Cc1cc2ccccc2[cH-]1.[Cr+2].[c-]1cccc2cccnc12. The molecule has 0 unspecified atom stereocenters. The van der Waals surface area contributed by atoms with Crippen molar-refractivity contribution in [3.63, 3.8) is 0 Å². The van der Waals surface area contributed by atoms with Crippen LogP contribution in [-0.2, 0) is 17.4 Å². The summed E-state index contributed by atoms with van der Waals surface area (Å²) in [6.45, 7) is 2.12. The Labute approximate surface area is 135 Å². The molecule has 0 amide bonds. The van der Waals surface area contributed by atoms with Crippen LogP contribution in [0.25, 0.3) is 21.7 Å². The monoisotopic (exact) mass is 309 g/mol. The molecular formula is C19H15CrN. The van der Waals surface area contributed by atoms with E-state index in [1.54, 1.807) is 6.20 Å². The van der Waals surface area contributed by atoms with Crippen LogP contribution in [0, 0.1) is 13.0 Å². The summed E-state index contributed by atoms with van der Waals surface area (Å²) in [4.78, 5) is 4.13. The molecule has 21 heavy (non-hydrogen) atoms. The predicted molar refractivity (Wildman–Crippen MR) is 84.9 cm³/mol. The number of hydrogen-bond donors (Lipinski definition) is 0. The van der Waals surface area contributed by atoms with Crippen molar-refractivity contribution in [2.45, 2.75) is 6.92 Å². The molecular weight excluding hydrogens is 294 g/mol. The first-order chi connectivity index (χ1) is 9.83. The minimum absolute atomic E-state index is 0. The van der Waals surface area contributed by atoms with Crippen molar-refractivity contribution in [3.8, 4) is 0 Å². The van der Waals surface area contributed by atoms with Crippen LogP contribution in [0.3, 0.4) is 0 Å². The number of fused-ring (bicyclic) bond motifs is 2. The summed E-state index contributed by atoms with van der Waals surface area (Å²) >= 11 is 0. The summed E-state index contributed by atoms with van der Waals surface area (Å²) in [5.41, 5.74) is 2.28. The molecule has 3 aromatic carbocycles. The Kier molecular flexibility index (Phi) is 5.22. The van der Waals surface area contributed by atoms with Crippen molar-refractivity contribution in [1.82, 2.24) is 4.98 Å². The van der Waals surface area contributed by atoms with E-state index in [0.29, 0.717) is 0 Å². The van der Waals surface area contributed by atoms with E-state index < -0.39 is 0 Å². The standard InChI is InChI=1S/C10H9.C9H6N.Cr/c1-8-6-9-4-2-3-5-10(9)7-8;1-2-6-9-8(4-1)5-3-7-10-9;/h2-7H,1H3;1-5,7H;/q2*-1;+2. The largest absolute Gasteiger partial charge is 2.00 e. The molecule has 2 heteroatoms. The van der Waals surface area contributed by atoms with E-state index in [2.05, 4.69) is 54.4 Å². The van der Waals surface area contributed by atoms with Crippen molar-refractivity contribution in [2.24, 2.45) is 0 Å². The third-order valence-electron chi connectivity index (χ3n) is 3.19. The van der Waals surface area contributed by atoms with Crippen LogP contribution in [0.2, 0.25) is 0 Å². The van der Waals surface area contributed by atoms with Crippen LogP contribution in [0.1, 0.15) is 5.56 Å². The van der Waals surface area contributed by atoms with Gasteiger partial charge in [-0.2, -0.15) is 30.3 Å². The van der Waals surface area contributed by atoms with Crippen molar-refractivity contribution < 1.29 is 17.4 Å². The number of pyridine rings is 1. The van der Waals surface area contributed by atoms with E-state index in [1.165, 1.54) is 16.3 Å². The Balaban J connectivity index is 0.000000147. The summed E-state index contributed by atoms with van der Waals surface area (Å²) in [5, 5.41) is 3.84. The molecule has 0 saturated heterocycles. The molecule has 0 aliphatic carbocycles. The Hall–Kier alpha value is -2.01. The molecule has 0 atom stereocenters. The maximum atomic E-state index is 4.13. The average Bonchev–Trinajstić information content (AvgIpc) is 2.88. The zero-order valence-electron chi connectivity index (χ0n) is 11.8. The van der Waals surface area contributed by atoms with E-state index >= 15 is 0 Å².